The van der Waals surface area contributed by atoms with Crippen LogP contribution in [0, 0.1) is 6.92 Å². The summed E-state index contributed by atoms with van der Waals surface area (Å²) >= 11 is 5.94. The fraction of sp³-hybridized carbons (Fsp3) is 0.0769. The van der Waals surface area contributed by atoms with E-state index in [2.05, 4.69) is 4.72 Å². The largest absolute Gasteiger partial charge is 0.508 e. The molecule has 6 heteroatoms. The molecule has 2 N–H and O–H groups in total. The third-order valence-electron chi connectivity index (χ3n) is 2.55. The number of halogens is 1. The molecule has 0 amide bonds. The molecule has 0 unspecified atom stereocenters. The maximum Gasteiger partial charge on any atom is 0.262 e. The highest BCUT2D eigenvalue weighted by atomic mass is 35.5. The van der Waals surface area contributed by atoms with Crippen LogP contribution in [0.1, 0.15) is 5.56 Å². The molecule has 2 rings (SSSR count). The molecule has 0 saturated heterocycles. The van der Waals surface area contributed by atoms with Crippen molar-refractivity contribution in [2.24, 2.45) is 0 Å². The Balaban J connectivity index is 2.33. The smallest absolute Gasteiger partial charge is 0.262 e. The Hall–Kier alpha value is -1.72. The fourth-order valence-corrected chi connectivity index (χ4v) is 2.79. The van der Waals surface area contributed by atoms with Gasteiger partial charge in [0.25, 0.3) is 10.0 Å². The Morgan fingerprint density at radius 3 is 2.53 bits per heavy atom. The lowest BCUT2D eigenvalue weighted by Crippen LogP contribution is -2.12. The molecule has 0 saturated carbocycles. The summed E-state index contributed by atoms with van der Waals surface area (Å²) in [5, 5.41) is 9.79. The van der Waals surface area contributed by atoms with Gasteiger partial charge in [-0.2, -0.15) is 0 Å². The van der Waals surface area contributed by atoms with Crippen molar-refractivity contribution in [2.45, 2.75) is 11.8 Å². The number of sulfonamides is 1. The summed E-state index contributed by atoms with van der Waals surface area (Å²) in [4.78, 5) is -0.0100. The molecular weight excluding hydrogens is 286 g/mol. The molecule has 0 heterocycles. The summed E-state index contributed by atoms with van der Waals surface area (Å²) in [6.07, 6.45) is 0. The minimum Gasteiger partial charge on any atom is -0.508 e. The van der Waals surface area contributed by atoms with Gasteiger partial charge in [-0.25, -0.2) is 8.42 Å². The molecule has 0 spiro atoms. The van der Waals surface area contributed by atoms with Crippen molar-refractivity contribution in [2.75, 3.05) is 4.72 Å². The lowest BCUT2D eigenvalue weighted by molar-refractivity contribution is 0.473. The lowest BCUT2D eigenvalue weighted by atomic mass is 10.2. The van der Waals surface area contributed by atoms with Gasteiger partial charge in [0.05, 0.1) is 10.6 Å². The van der Waals surface area contributed by atoms with Crippen molar-refractivity contribution in [1.82, 2.24) is 0 Å². The Bertz CT molecular complexity index is 714. The summed E-state index contributed by atoms with van der Waals surface area (Å²) in [6, 6.07) is 10.3. The minimum absolute atomic E-state index is 0.0100. The van der Waals surface area contributed by atoms with Crippen LogP contribution < -0.4 is 4.72 Å². The number of hydrogen-bond donors (Lipinski definition) is 2. The third kappa shape index (κ3) is 3.19. The number of aromatic hydroxyl groups is 1. The first-order valence-electron chi connectivity index (χ1n) is 5.46. The predicted octanol–water partition coefficient (Wildman–Crippen LogP) is 3.15. The van der Waals surface area contributed by atoms with Crippen LogP contribution in [-0.2, 0) is 10.0 Å². The first-order chi connectivity index (χ1) is 8.88. The quantitative estimate of drug-likeness (QED) is 0.914. The average Bonchev–Trinajstić information content (AvgIpc) is 2.33. The van der Waals surface area contributed by atoms with E-state index in [9.17, 15) is 13.5 Å². The SMILES string of the molecule is Cc1ccc(NS(=O)(=O)c2cccc(O)c2)cc1Cl. The van der Waals surface area contributed by atoms with E-state index in [0.29, 0.717) is 10.7 Å². The number of phenolic OH excluding ortho intramolecular Hbond substituents is 1. The van der Waals surface area contributed by atoms with Crippen molar-refractivity contribution in [3.05, 3.63) is 53.1 Å². The third-order valence-corrected chi connectivity index (χ3v) is 4.34. The molecule has 2 aromatic carbocycles. The van der Waals surface area contributed by atoms with Gasteiger partial charge in [-0.1, -0.05) is 23.7 Å². The standard InChI is InChI=1S/C13H12ClNO3S/c1-9-5-6-10(7-13(9)14)15-19(17,18)12-4-2-3-11(16)8-12/h2-8,15-16H,1H3. The number of hydrogen-bond acceptors (Lipinski definition) is 3. The molecule has 0 aliphatic rings. The van der Waals surface area contributed by atoms with Gasteiger partial charge in [0.1, 0.15) is 5.75 Å². The normalized spacial score (nSPS) is 11.3. The summed E-state index contributed by atoms with van der Waals surface area (Å²) in [5.41, 5.74) is 1.24. The second kappa shape index (κ2) is 5.11. The Morgan fingerprint density at radius 1 is 1.16 bits per heavy atom. The van der Waals surface area contributed by atoms with Crippen molar-refractivity contribution in [3.63, 3.8) is 0 Å². The first-order valence-corrected chi connectivity index (χ1v) is 7.32. The predicted molar refractivity (Wildman–Crippen MR) is 75.1 cm³/mol. The molecule has 0 bridgehead atoms. The van der Waals surface area contributed by atoms with E-state index in [1.165, 1.54) is 30.3 Å². The Labute approximate surface area is 116 Å². The van der Waals surface area contributed by atoms with E-state index in [-0.39, 0.29) is 10.6 Å². The molecule has 0 aromatic heterocycles. The van der Waals surface area contributed by atoms with Crippen LogP contribution >= 0.6 is 11.6 Å². The van der Waals surface area contributed by atoms with E-state index in [1.807, 2.05) is 6.92 Å². The molecule has 0 radical (unpaired) electrons. The second-order valence-corrected chi connectivity index (χ2v) is 6.16. The van der Waals surface area contributed by atoms with Crippen LogP contribution in [0.2, 0.25) is 5.02 Å². The van der Waals surface area contributed by atoms with Gasteiger partial charge in [-0.05, 0) is 36.8 Å². The van der Waals surface area contributed by atoms with Gasteiger partial charge >= 0.3 is 0 Å². The van der Waals surface area contributed by atoms with Gasteiger partial charge in [-0.3, -0.25) is 4.72 Å². The van der Waals surface area contributed by atoms with E-state index in [1.54, 1.807) is 12.1 Å². The van der Waals surface area contributed by atoms with Crippen molar-refractivity contribution < 1.29 is 13.5 Å². The summed E-state index contributed by atoms with van der Waals surface area (Å²) in [6.45, 7) is 1.83. The van der Waals surface area contributed by atoms with Crippen molar-refractivity contribution in [3.8, 4) is 5.75 Å². The minimum atomic E-state index is -3.73. The second-order valence-electron chi connectivity index (χ2n) is 4.07. The van der Waals surface area contributed by atoms with E-state index in [0.717, 1.165) is 5.56 Å². The average molecular weight is 298 g/mol. The zero-order chi connectivity index (χ0) is 14.0. The number of anilines is 1. The summed E-state index contributed by atoms with van der Waals surface area (Å²) in [7, 11) is -3.73. The van der Waals surface area contributed by atoms with Gasteiger partial charge in [-0.15, -0.1) is 0 Å². The number of phenols is 1. The van der Waals surface area contributed by atoms with Crippen LogP contribution in [0.15, 0.2) is 47.4 Å². The number of nitrogens with one attached hydrogen (secondary N) is 1. The number of aryl methyl sites for hydroxylation is 1. The molecular formula is C13H12ClNO3S. The van der Waals surface area contributed by atoms with Gasteiger partial charge in [0, 0.05) is 11.1 Å². The highest BCUT2D eigenvalue weighted by molar-refractivity contribution is 7.92. The molecule has 0 fully saturated rings. The number of benzene rings is 2. The van der Waals surface area contributed by atoms with Crippen LogP contribution in [0.4, 0.5) is 5.69 Å². The Morgan fingerprint density at radius 2 is 1.89 bits per heavy atom. The highest BCUT2D eigenvalue weighted by Gasteiger charge is 2.14. The van der Waals surface area contributed by atoms with E-state index in [4.69, 9.17) is 11.6 Å². The van der Waals surface area contributed by atoms with Gasteiger partial charge in [0.2, 0.25) is 0 Å². The van der Waals surface area contributed by atoms with Crippen molar-refractivity contribution in [1.29, 1.82) is 0 Å². The zero-order valence-electron chi connectivity index (χ0n) is 10.1. The molecule has 0 aliphatic carbocycles. The van der Waals surface area contributed by atoms with E-state index >= 15 is 0 Å². The monoisotopic (exact) mass is 297 g/mol. The molecule has 4 nitrogen and oxygen atoms in total. The maximum atomic E-state index is 12.1. The summed E-state index contributed by atoms with van der Waals surface area (Å²) in [5.74, 6) is -0.107. The van der Waals surface area contributed by atoms with Crippen LogP contribution in [-0.4, -0.2) is 13.5 Å². The molecule has 100 valence electrons. The molecule has 19 heavy (non-hydrogen) atoms. The lowest BCUT2D eigenvalue weighted by Gasteiger charge is -2.09. The molecule has 0 aliphatic heterocycles. The van der Waals surface area contributed by atoms with Crippen LogP contribution in [0.5, 0.6) is 5.75 Å². The number of rotatable bonds is 3. The topological polar surface area (TPSA) is 66.4 Å². The molecule has 2 aromatic rings. The fourth-order valence-electron chi connectivity index (χ4n) is 1.52. The van der Waals surface area contributed by atoms with Crippen LogP contribution in [0.25, 0.3) is 0 Å². The van der Waals surface area contributed by atoms with Gasteiger partial charge < -0.3 is 5.11 Å². The first kappa shape index (κ1) is 13.7. The van der Waals surface area contributed by atoms with Gasteiger partial charge in [0.15, 0.2) is 0 Å². The van der Waals surface area contributed by atoms with E-state index < -0.39 is 10.0 Å². The maximum absolute atomic E-state index is 12.1. The van der Waals surface area contributed by atoms with Crippen molar-refractivity contribution >= 4 is 27.3 Å². The highest BCUT2D eigenvalue weighted by Crippen LogP contribution is 2.23. The zero-order valence-corrected chi connectivity index (χ0v) is 11.7. The summed E-state index contributed by atoms with van der Waals surface area (Å²) < 4.78 is 26.6. The Kier molecular flexibility index (Phi) is 3.68. The molecule has 0 atom stereocenters. The van der Waals surface area contributed by atoms with Crippen LogP contribution in [0.3, 0.4) is 0 Å².